The van der Waals surface area contributed by atoms with E-state index in [-0.39, 0.29) is 30.0 Å². The molecule has 2 fully saturated rings. The third-order valence-corrected chi connectivity index (χ3v) is 6.05. The van der Waals surface area contributed by atoms with E-state index in [1.807, 2.05) is 10.3 Å². The summed E-state index contributed by atoms with van der Waals surface area (Å²) in [6.45, 7) is 4.74. The van der Waals surface area contributed by atoms with Crippen molar-refractivity contribution in [1.29, 1.82) is 0 Å². The van der Waals surface area contributed by atoms with E-state index in [4.69, 9.17) is 0 Å². The van der Waals surface area contributed by atoms with Gasteiger partial charge < -0.3 is 14.7 Å². The zero-order valence-corrected chi connectivity index (χ0v) is 15.9. The van der Waals surface area contributed by atoms with E-state index in [0.29, 0.717) is 30.9 Å². The highest BCUT2D eigenvalue weighted by Crippen LogP contribution is 2.28. The summed E-state index contributed by atoms with van der Waals surface area (Å²) in [6.07, 6.45) is 1.96. The smallest absolute Gasteiger partial charge is 0.228 e. The maximum atomic E-state index is 13.8. The van der Waals surface area contributed by atoms with Crippen molar-refractivity contribution in [2.24, 2.45) is 5.92 Å². The number of benzene rings is 1. The van der Waals surface area contributed by atoms with Gasteiger partial charge >= 0.3 is 0 Å². The molecule has 6 nitrogen and oxygen atoms in total. The number of rotatable bonds is 3. The summed E-state index contributed by atoms with van der Waals surface area (Å²) < 4.78 is 13.8. The molecule has 2 amide bonds. The Morgan fingerprint density at radius 2 is 2.04 bits per heavy atom. The summed E-state index contributed by atoms with van der Waals surface area (Å²) in [5.41, 5.74) is 1.06. The fraction of sp³-hybridized carbons (Fsp3) is 0.421. The Balaban J connectivity index is 1.39. The van der Waals surface area contributed by atoms with Crippen molar-refractivity contribution in [3.05, 3.63) is 41.2 Å². The molecule has 1 atom stereocenters. The van der Waals surface area contributed by atoms with Gasteiger partial charge in [0.1, 0.15) is 5.82 Å². The Morgan fingerprint density at radius 1 is 1.26 bits per heavy atom. The van der Waals surface area contributed by atoms with Gasteiger partial charge in [0.2, 0.25) is 11.8 Å². The zero-order chi connectivity index (χ0) is 19.0. The van der Waals surface area contributed by atoms with Crippen molar-refractivity contribution in [2.75, 3.05) is 42.5 Å². The van der Waals surface area contributed by atoms with Crippen LogP contribution in [0.5, 0.6) is 0 Å². The van der Waals surface area contributed by atoms with Crippen molar-refractivity contribution < 1.29 is 14.0 Å². The molecule has 0 bridgehead atoms. The summed E-state index contributed by atoms with van der Waals surface area (Å²) in [4.78, 5) is 35.1. The second-order valence-corrected chi connectivity index (χ2v) is 7.84. The fourth-order valence-electron chi connectivity index (χ4n) is 3.62. The summed E-state index contributed by atoms with van der Waals surface area (Å²) in [6, 6.07) is 4.76. The van der Waals surface area contributed by atoms with E-state index >= 15 is 0 Å². The molecule has 2 aliphatic rings. The van der Waals surface area contributed by atoms with Gasteiger partial charge in [0.15, 0.2) is 5.13 Å². The second kappa shape index (κ2) is 7.26. The van der Waals surface area contributed by atoms with E-state index in [9.17, 15) is 14.0 Å². The number of halogens is 1. The molecule has 0 radical (unpaired) electrons. The Hall–Kier alpha value is -2.48. The molecule has 4 rings (SSSR count). The van der Waals surface area contributed by atoms with Gasteiger partial charge in [0, 0.05) is 56.4 Å². The van der Waals surface area contributed by atoms with Crippen LogP contribution in [0.4, 0.5) is 15.2 Å². The van der Waals surface area contributed by atoms with Crippen molar-refractivity contribution in [3.8, 4) is 0 Å². The molecule has 0 aliphatic carbocycles. The Morgan fingerprint density at radius 3 is 2.70 bits per heavy atom. The van der Waals surface area contributed by atoms with E-state index in [2.05, 4.69) is 9.88 Å². The molecular weight excluding hydrogens is 367 g/mol. The van der Waals surface area contributed by atoms with Crippen molar-refractivity contribution in [3.63, 3.8) is 0 Å². The number of hydrogen-bond donors (Lipinski definition) is 0. The zero-order valence-electron chi connectivity index (χ0n) is 15.1. The molecule has 3 heterocycles. The standard InChI is InChI=1S/C19H21FN4O2S/c1-13-2-3-15(11-16(13)20)24-12-14(10-17(24)25)18(26)22-5-7-23(8-6-22)19-21-4-9-27-19/h2-4,9,11,14H,5-8,10,12H2,1H3. The quantitative estimate of drug-likeness (QED) is 0.810. The van der Waals surface area contributed by atoms with Crippen molar-refractivity contribution >= 4 is 34.0 Å². The molecule has 0 saturated carbocycles. The lowest BCUT2D eigenvalue weighted by Crippen LogP contribution is -2.50. The molecule has 27 heavy (non-hydrogen) atoms. The fourth-order valence-corrected chi connectivity index (χ4v) is 4.32. The first-order chi connectivity index (χ1) is 13.0. The van der Waals surface area contributed by atoms with Crippen LogP contribution >= 0.6 is 11.3 Å². The van der Waals surface area contributed by atoms with Crippen LogP contribution in [0.3, 0.4) is 0 Å². The van der Waals surface area contributed by atoms with Gasteiger partial charge in [-0.3, -0.25) is 9.59 Å². The molecule has 1 aromatic carbocycles. The molecule has 142 valence electrons. The van der Waals surface area contributed by atoms with Gasteiger partial charge in [0.25, 0.3) is 0 Å². The SMILES string of the molecule is Cc1ccc(N2CC(C(=O)N3CCN(c4nccs4)CC3)CC2=O)cc1F. The number of aromatic nitrogens is 1. The highest BCUT2D eigenvalue weighted by molar-refractivity contribution is 7.13. The van der Waals surface area contributed by atoms with Crippen molar-refractivity contribution in [2.45, 2.75) is 13.3 Å². The van der Waals surface area contributed by atoms with E-state index < -0.39 is 0 Å². The number of hydrogen-bond acceptors (Lipinski definition) is 5. The van der Waals surface area contributed by atoms with Crippen LogP contribution in [0.25, 0.3) is 0 Å². The Bertz CT molecular complexity index is 849. The molecule has 1 unspecified atom stereocenters. The molecule has 8 heteroatoms. The average Bonchev–Trinajstić information content (AvgIpc) is 3.34. The number of anilines is 2. The number of nitrogens with zero attached hydrogens (tertiary/aromatic N) is 4. The minimum absolute atomic E-state index is 0.0113. The summed E-state index contributed by atoms with van der Waals surface area (Å²) in [5.74, 6) is -0.822. The first-order valence-electron chi connectivity index (χ1n) is 9.02. The van der Waals surface area contributed by atoms with Crippen LogP contribution in [-0.2, 0) is 9.59 Å². The van der Waals surface area contributed by atoms with Crippen LogP contribution in [0, 0.1) is 18.7 Å². The van der Waals surface area contributed by atoms with E-state index in [1.165, 1.54) is 11.0 Å². The minimum Gasteiger partial charge on any atom is -0.345 e. The summed E-state index contributed by atoms with van der Waals surface area (Å²) >= 11 is 1.59. The first kappa shape index (κ1) is 17.9. The lowest BCUT2D eigenvalue weighted by molar-refractivity contribution is -0.136. The van der Waals surface area contributed by atoms with E-state index in [0.717, 1.165) is 18.2 Å². The lowest BCUT2D eigenvalue weighted by Gasteiger charge is -2.35. The van der Waals surface area contributed by atoms with Crippen LogP contribution in [0.15, 0.2) is 29.8 Å². The molecule has 2 aromatic rings. The van der Waals surface area contributed by atoms with E-state index in [1.54, 1.807) is 36.6 Å². The van der Waals surface area contributed by atoms with Gasteiger partial charge in [-0.2, -0.15) is 0 Å². The number of piperazine rings is 1. The number of amides is 2. The van der Waals surface area contributed by atoms with Crippen molar-refractivity contribution in [1.82, 2.24) is 9.88 Å². The normalized spacial score (nSPS) is 20.4. The maximum Gasteiger partial charge on any atom is 0.228 e. The first-order valence-corrected chi connectivity index (χ1v) is 9.90. The average molecular weight is 388 g/mol. The second-order valence-electron chi connectivity index (χ2n) is 6.97. The number of carbonyl (C=O) groups is 2. The summed E-state index contributed by atoms with van der Waals surface area (Å²) in [7, 11) is 0. The van der Waals surface area contributed by atoms with Gasteiger partial charge in [0.05, 0.1) is 5.92 Å². The predicted octanol–water partition coefficient (Wildman–Crippen LogP) is 2.29. The number of carbonyl (C=O) groups excluding carboxylic acids is 2. The van der Waals surface area contributed by atoms with Crippen LogP contribution in [0.2, 0.25) is 0 Å². The molecule has 0 N–H and O–H groups in total. The summed E-state index contributed by atoms with van der Waals surface area (Å²) in [5, 5.41) is 2.92. The van der Waals surface area contributed by atoms with Gasteiger partial charge in [-0.1, -0.05) is 6.07 Å². The van der Waals surface area contributed by atoms with Crippen LogP contribution in [0.1, 0.15) is 12.0 Å². The largest absolute Gasteiger partial charge is 0.345 e. The lowest BCUT2D eigenvalue weighted by atomic mass is 10.1. The Kier molecular flexibility index (Phi) is 4.82. The van der Waals surface area contributed by atoms with Gasteiger partial charge in [-0.05, 0) is 24.6 Å². The topological polar surface area (TPSA) is 56.8 Å². The minimum atomic E-state index is -0.367. The monoisotopic (exact) mass is 388 g/mol. The highest BCUT2D eigenvalue weighted by atomic mass is 32.1. The predicted molar refractivity (Wildman–Crippen MR) is 103 cm³/mol. The third kappa shape index (κ3) is 3.53. The molecular formula is C19H21FN4O2S. The third-order valence-electron chi connectivity index (χ3n) is 5.22. The highest BCUT2D eigenvalue weighted by Gasteiger charge is 2.38. The van der Waals surface area contributed by atoms with Crippen LogP contribution in [-0.4, -0.2) is 54.4 Å². The molecule has 2 saturated heterocycles. The maximum absolute atomic E-state index is 13.8. The van der Waals surface area contributed by atoms with Gasteiger partial charge in [-0.15, -0.1) is 11.3 Å². The van der Waals surface area contributed by atoms with Gasteiger partial charge in [-0.25, -0.2) is 9.37 Å². The molecule has 2 aliphatic heterocycles. The number of aryl methyl sites for hydroxylation is 1. The molecule has 1 aromatic heterocycles. The van der Waals surface area contributed by atoms with Crippen LogP contribution < -0.4 is 9.80 Å². The number of thiazole rings is 1. The Labute approximate surface area is 161 Å². The molecule has 0 spiro atoms.